The lowest BCUT2D eigenvalue weighted by Gasteiger charge is -2.28. The van der Waals surface area contributed by atoms with Gasteiger partial charge in [0.1, 0.15) is 0 Å². The van der Waals surface area contributed by atoms with Gasteiger partial charge in [0.2, 0.25) is 0 Å². The minimum Gasteiger partial charge on any atom is -0.0654 e. The van der Waals surface area contributed by atoms with E-state index in [4.69, 9.17) is 0 Å². The van der Waals surface area contributed by atoms with Crippen molar-refractivity contribution in [3.8, 4) is 0 Å². The van der Waals surface area contributed by atoms with E-state index in [9.17, 15) is 0 Å². The molecule has 0 unspecified atom stereocenters. The van der Waals surface area contributed by atoms with E-state index in [0.717, 1.165) is 17.8 Å². The van der Waals surface area contributed by atoms with Crippen LogP contribution >= 0.6 is 0 Å². The molecule has 1 fully saturated rings. The molecule has 0 saturated heterocycles. The summed E-state index contributed by atoms with van der Waals surface area (Å²) in [5.41, 5.74) is 0.552. The zero-order valence-corrected chi connectivity index (χ0v) is 14.9. The van der Waals surface area contributed by atoms with Crippen LogP contribution in [0.3, 0.4) is 0 Å². The Labute approximate surface area is 123 Å². The summed E-state index contributed by atoms with van der Waals surface area (Å²) < 4.78 is 0. The Balaban J connectivity index is 0.000000342. The molecule has 0 aromatic rings. The summed E-state index contributed by atoms with van der Waals surface area (Å²) in [5, 5.41) is 0. The molecule has 1 aliphatic carbocycles. The largest absolute Gasteiger partial charge is 0.0654 e. The molecular weight excluding hydrogens is 228 g/mol. The van der Waals surface area contributed by atoms with Gasteiger partial charge < -0.3 is 0 Å². The zero-order chi connectivity index (χ0) is 14.9. The first-order valence-corrected chi connectivity index (χ1v) is 8.81. The summed E-state index contributed by atoms with van der Waals surface area (Å²) in [6.45, 7) is 16.3. The predicted octanol–water partition coefficient (Wildman–Crippen LogP) is 7.08. The summed E-state index contributed by atoms with van der Waals surface area (Å²) in [6, 6.07) is 0. The molecule has 0 radical (unpaired) electrons. The van der Waals surface area contributed by atoms with Crippen molar-refractivity contribution in [2.75, 3.05) is 0 Å². The van der Waals surface area contributed by atoms with Gasteiger partial charge >= 0.3 is 0 Å². The fraction of sp³-hybridized carbons (Fsp3) is 1.00. The third-order valence-electron chi connectivity index (χ3n) is 5.33. The first kappa shape index (κ1) is 19.0. The van der Waals surface area contributed by atoms with Gasteiger partial charge in [-0.1, -0.05) is 93.4 Å². The van der Waals surface area contributed by atoms with Crippen molar-refractivity contribution in [2.45, 2.75) is 99.8 Å². The lowest BCUT2D eigenvalue weighted by atomic mass is 9.77. The molecule has 0 aliphatic heterocycles. The summed E-state index contributed by atoms with van der Waals surface area (Å²) in [6.07, 6.45) is 11.5. The molecule has 19 heavy (non-hydrogen) atoms. The van der Waals surface area contributed by atoms with E-state index in [0.29, 0.717) is 5.41 Å². The zero-order valence-electron chi connectivity index (χ0n) is 14.9. The third kappa shape index (κ3) is 8.71. The van der Waals surface area contributed by atoms with Crippen LogP contribution in [-0.4, -0.2) is 0 Å². The minimum atomic E-state index is 0.552. The molecule has 116 valence electrons. The van der Waals surface area contributed by atoms with E-state index < -0.39 is 0 Å². The van der Waals surface area contributed by atoms with Crippen molar-refractivity contribution in [3.05, 3.63) is 0 Å². The first-order valence-electron chi connectivity index (χ1n) is 8.81. The van der Waals surface area contributed by atoms with Crippen LogP contribution in [0.15, 0.2) is 0 Å². The van der Waals surface area contributed by atoms with Gasteiger partial charge in [-0.05, 0) is 29.6 Å². The molecule has 0 atom stereocenters. The lowest BCUT2D eigenvalue weighted by molar-refractivity contribution is 0.223. The molecule has 0 nitrogen and oxygen atoms in total. The summed E-state index contributed by atoms with van der Waals surface area (Å²) in [7, 11) is 0. The van der Waals surface area contributed by atoms with Gasteiger partial charge in [-0.2, -0.15) is 0 Å². The number of rotatable bonds is 5. The van der Waals surface area contributed by atoms with Crippen molar-refractivity contribution in [2.24, 2.45) is 23.2 Å². The maximum Gasteiger partial charge on any atom is -0.0331 e. The molecule has 1 rings (SSSR count). The fourth-order valence-corrected chi connectivity index (χ4v) is 2.72. The molecule has 0 bridgehead atoms. The van der Waals surface area contributed by atoms with E-state index in [-0.39, 0.29) is 0 Å². The van der Waals surface area contributed by atoms with Crippen LogP contribution in [0.5, 0.6) is 0 Å². The minimum absolute atomic E-state index is 0.552. The summed E-state index contributed by atoms with van der Waals surface area (Å²) in [5.74, 6) is 2.81. The van der Waals surface area contributed by atoms with E-state index in [1.54, 1.807) is 0 Å². The van der Waals surface area contributed by atoms with Gasteiger partial charge in [0, 0.05) is 0 Å². The molecule has 0 N–H and O–H groups in total. The van der Waals surface area contributed by atoms with Gasteiger partial charge in [0.25, 0.3) is 0 Å². The second-order valence-electron chi connectivity index (χ2n) is 7.89. The SMILES string of the molecule is CC(C)C1CCCCC1.CCCCC(C)(C)C(C)C. The number of hydrogen-bond acceptors (Lipinski definition) is 0. The average Bonchev–Trinajstić information content (AvgIpc) is 2.38. The van der Waals surface area contributed by atoms with Gasteiger partial charge in [-0.3, -0.25) is 0 Å². The van der Waals surface area contributed by atoms with Crippen LogP contribution in [0.4, 0.5) is 0 Å². The second-order valence-corrected chi connectivity index (χ2v) is 7.89. The quantitative estimate of drug-likeness (QED) is 0.499. The van der Waals surface area contributed by atoms with E-state index in [1.165, 1.54) is 51.4 Å². The molecule has 0 heterocycles. The standard InChI is InChI=1S/C10H22.C9H18/c1-6-7-8-10(4,5)9(2)3;1-8(2)9-6-4-3-5-7-9/h9H,6-8H2,1-5H3;8-9H,3-7H2,1-2H3. The smallest absolute Gasteiger partial charge is 0.0331 e. The summed E-state index contributed by atoms with van der Waals surface area (Å²) in [4.78, 5) is 0. The highest BCUT2D eigenvalue weighted by Gasteiger charge is 2.20. The highest BCUT2D eigenvalue weighted by atomic mass is 14.3. The molecule has 0 spiro atoms. The molecular formula is C19H40. The Morgan fingerprint density at radius 1 is 0.947 bits per heavy atom. The highest BCUT2D eigenvalue weighted by molar-refractivity contribution is 4.71. The Morgan fingerprint density at radius 2 is 1.47 bits per heavy atom. The van der Waals surface area contributed by atoms with Crippen molar-refractivity contribution in [1.29, 1.82) is 0 Å². The van der Waals surface area contributed by atoms with Crippen LogP contribution in [0.25, 0.3) is 0 Å². The third-order valence-corrected chi connectivity index (χ3v) is 5.33. The van der Waals surface area contributed by atoms with Crippen LogP contribution in [0.2, 0.25) is 0 Å². The van der Waals surface area contributed by atoms with Crippen molar-refractivity contribution in [3.63, 3.8) is 0 Å². The van der Waals surface area contributed by atoms with Crippen molar-refractivity contribution >= 4 is 0 Å². The maximum atomic E-state index is 2.37. The van der Waals surface area contributed by atoms with E-state index in [2.05, 4.69) is 48.5 Å². The topological polar surface area (TPSA) is 0 Å². The monoisotopic (exact) mass is 268 g/mol. The Morgan fingerprint density at radius 3 is 1.79 bits per heavy atom. The Bertz CT molecular complexity index is 194. The van der Waals surface area contributed by atoms with Crippen LogP contribution in [-0.2, 0) is 0 Å². The van der Waals surface area contributed by atoms with Crippen molar-refractivity contribution < 1.29 is 0 Å². The number of hydrogen-bond donors (Lipinski definition) is 0. The maximum absolute atomic E-state index is 2.37. The van der Waals surface area contributed by atoms with Gasteiger partial charge in [-0.25, -0.2) is 0 Å². The van der Waals surface area contributed by atoms with Crippen LogP contribution in [0.1, 0.15) is 99.8 Å². The molecule has 1 aliphatic rings. The summed E-state index contributed by atoms with van der Waals surface area (Å²) >= 11 is 0. The molecule has 0 aromatic heterocycles. The van der Waals surface area contributed by atoms with Gasteiger partial charge in [-0.15, -0.1) is 0 Å². The predicted molar refractivity (Wildman–Crippen MR) is 89.6 cm³/mol. The van der Waals surface area contributed by atoms with Crippen LogP contribution < -0.4 is 0 Å². The molecule has 0 aromatic carbocycles. The lowest BCUT2D eigenvalue weighted by Crippen LogP contribution is -2.18. The molecule has 0 heteroatoms. The average molecular weight is 269 g/mol. The van der Waals surface area contributed by atoms with E-state index >= 15 is 0 Å². The Kier molecular flexibility index (Phi) is 9.83. The van der Waals surface area contributed by atoms with Crippen molar-refractivity contribution in [1.82, 2.24) is 0 Å². The molecule has 1 saturated carbocycles. The van der Waals surface area contributed by atoms with Gasteiger partial charge in [0.15, 0.2) is 0 Å². The normalized spacial score (nSPS) is 17.5. The fourth-order valence-electron chi connectivity index (χ4n) is 2.72. The highest BCUT2D eigenvalue weighted by Crippen LogP contribution is 2.31. The molecule has 0 amide bonds. The number of unbranched alkanes of at least 4 members (excludes halogenated alkanes) is 1. The first-order chi connectivity index (χ1) is 8.81. The second kappa shape index (κ2) is 9.83. The Hall–Kier alpha value is 0. The van der Waals surface area contributed by atoms with E-state index in [1.807, 2.05) is 0 Å². The van der Waals surface area contributed by atoms with Crippen LogP contribution in [0, 0.1) is 23.2 Å². The van der Waals surface area contributed by atoms with Gasteiger partial charge in [0.05, 0.1) is 0 Å².